The highest BCUT2D eigenvalue weighted by molar-refractivity contribution is 7.99. The van der Waals surface area contributed by atoms with Crippen molar-refractivity contribution >= 4 is 34.3 Å². The third-order valence-corrected chi connectivity index (χ3v) is 4.72. The fraction of sp³-hybridized carbons (Fsp3) is 0.211. The van der Waals surface area contributed by atoms with Gasteiger partial charge in [0.1, 0.15) is 0 Å². The number of aromatic nitrogens is 2. The van der Waals surface area contributed by atoms with E-state index in [0.717, 1.165) is 5.56 Å². The summed E-state index contributed by atoms with van der Waals surface area (Å²) in [6, 6.07) is 11.6. The van der Waals surface area contributed by atoms with Gasteiger partial charge in [-0.25, -0.2) is 4.98 Å². The first-order valence-corrected chi connectivity index (χ1v) is 9.11. The van der Waals surface area contributed by atoms with E-state index >= 15 is 0 Å². The molecular formula is C19H17F2N3O2S. The van der Waals surface area contributed by atoms with Gasteiger partial charge in [-0.2, -0.15) is 8.78 Å². The first kappa shape index (κ1) is 19.0. The molecule has 0 bridgehead atoms. The van der Waals surface area contributed by atoms with Gasteiger partial charge in [0.05, 0.1) is 17.2 Å². The van der Waals surface area contributed by atoms with E-state index in [2.05, 4.69) is 10.3 Å². The molecule has 1 amide bonds. The molecule has 1 aromatic heterocycles. The van der Waals surface area contributed by atoms with Gasteiger partial charge in [-0.05, 0) is 42.8 Å². The molecule has 27 heavy (non-hydrogen) atoms. The summed E-state index contributed by atoms with van der Waals surface area (Å²) in [5, 5.41) is 3.21. The van der Waals surface area contributed by atoms with Crippen molar-refractivity contribution in [3.63, 3.8) is 0 Å². The molecule has 0 spiro atoms. The number of rotatable bonds is 6. The van der Waals surface area contributed by atoms with E-state index in [4.69, 9.17) is 0 Å². The van der Waals surface area contributed by atoms with Crippen LogP contribution in [0.15, 0.2) is 58.5 Å². The quantitative estimate of drug-likeness (QED) is 0.646. The number of hydrogen-bond donors (Lipinski definition) is 1. The molecule has 0 fully saturated rings. The van der Waals surface area contributed by atoms with Crippen LogP contribution in [0.2, 0.25) is 0 Å². The first-order valence-electron chi connectivity index (χ1n) is 8.23. The van der Waals surface area contributed by atoms with Crippen molar-refractivity contribution in [2.75, 3.05) is 5.32 Å². The van der Waals surface area contributed by atoms with Crippen LogP contribution in [-0.4, -0.2) is 21.2 Å². The highest BCUT2D eigenvalue weighted by atomic mass is 32.2. The Morgan fingerprint density at radius 3 is 2.67 bits per heavy atom. The molecule has 0 radical (unpaired) electrons. The number of aryl methyl sites for hydroxylation is 2. The molecule has 0 aliphatic heterocycles. The number of anilines is 1. The molecule has 8 heteroatoms. The van der Waals surface area contributed by atoms with Gasteiger partial charge in [-0.1, -0.05) is 23.9 Å². The van der Waals surface area contributed by atoms with Crippen molar-refractivity contribution in [3.8, 4) is 0 Å². The Bertz CT molecular complexity index is 1020. The summed E-state index contributed by atoms with van der Waals surface area (Å²) < 4.78 is 26.0. The van der Waals surface area contributed by atoms with Gasteiger partial charge >= 0.3 is 0 Å². The molecule has 2 aromatic carbocycles. The molecule has 0 atom stereocenters. The minimum atomic E-state index is -2.48. The topological polar surface area (TPSA) is 64.0 Å². The zero-order valence-electron chi connectivity index (χ0n) is 14.5. The maximum absolute atomic E-state index is 12.5. The normalized spacial score (nSPS) is 11.1. The van der Waals surface area contributed by atoms with Crippen molar-refractivity contribution in [1.82, 2.24) is 9.55 Å². The number of amides is 1. The Morgan fingerprint density at radius 2 is 1.96 bits per heavy atom. The molecule has 0 unspecified atom stereocenters. The summed E-state index contributed by atoms with van der Waals surface area (Å²) >= 11 is 0.446. The van der Waals surface area contributed by atoms with Crippen LogP contribution in [0, 0.1) is 6.92 Å². The number of para-hydroxylation sites is 1. The molecular weight excluding hydrogens is 372 g/mol. The second kappa shape index (κ2) is 8.30. The smallest absolute Gasteiger partial charge is 0.288 e. The van der Waals surface area contributed by atoms with Crippen LogP contribution in [-0.2, 0) is 11.3 Å². The SMILES string of the molecule is Cc1cccc2c(=O)n(CCC(=O)Nc3ccc(SC(F)F)cc3)cnc12. The molecule has 1 heterocycles. The van der Waals surface area contributed by atoms with E-state index in [0.29, 0.717) is 33.2 Å². The lowest BCUT2D eigenvalue weighted by molar-refractivity contribution is -0.116. The van der Waals surface area contributed by atoms with Crippen LogP contribution in [0.25, 0.3) is 10.9 Å². The van der Waals surface area contributed by atoms with Crippen LogP contribution in [0.1, 0.15) is 12.0 Å². The number of thioether (sulfide) groups is 1. The number of nitrogens with zero attached hydrogens (tertiary/aromatic N) is 2. The summed E-state index contributed by atoms with van der Waals surface area (Å²) in [5.74, 6) is -2.76. The standard InChI is InChI=1S/C19H17F2N3O2S/c1-12-3-2-4-15-17(12)22-11-24(18(15)26)10-9-16(25)23-13-5-7-14(8-6-13)27-19(20)21/h2-8,11,19H,9-10H2,1H3,(H,23,25). The van der Waals surface area contributed by atoms with Gasteiger partial charge in [0.15, 0.2) is 0 Å². The molecule has 5 nitrogen and oxygen atoms in total. The molecule has 0 aliphatic rings. The minimum absolute atomic E-state index is 0.0897. The van der Waals surface area contributed by atoms with Crippen molar-refractivity contribution in [3.05, 3.63) is 64.7 Å². The number of benzene rings is 2. The lowest BCUT2D eigenvalue weighted by atomic mass is 10.1. The first-order chi connectivity index (χ1) is 12.9. The predicted molar refractivity (Wildman–Crippen MR) is 102 cm³/mol. The molecule has 0 saturated heterocycles. The molecule has 0 aliphatic carbocycles. The number of fused-ring (bicyclic) bond motifs is 1. The second-order valence-corrected chi connectivity index (χ2v) is 6.98. The summed E-state index contributed by atoms with van der Waals surface area (Å²) in [6.45, 7) is 2.08. The molecule has 3 rings (SSSR count). The summed E-state index contributed by atoms with van der Waals surface area (Å²) in [5.41, 5.74) is 1.90. The fourth-order valence-corrected chi connectivity index (χ4v) is 3.16. The van der Waals surface area contributed by atoms with Crippen LogP contribution >= 0.6 is 11.8 Å². The molecule has 1 N–H and O–H groups in total. The Balaban J connectivity index is 1.63. The largest absolute Gasteiger partial charge is 0.326 e. The Kier molecular flexibility index (Phi) is 5.85. The second-order valence-electron chi connectivity index (χ2n) is 5.92. The maximum atomic E-state index is 12.5. The van der Waals surface area contributed by atoms with Crippen molar-refractivity contribution in [2.45, 2.75) is 30.5 Å². The van der Waals surface area contributed by atoms with Crippen LogP contribution in [0.3, 0.4) is 0 Å². The van der Waals surface area contributed by atoms with E-state index in [1.165, 1.54) is 23.0 Å². The third-order valence-electron chi connectivity index (χ3n) is 4.00. The number of alkyl halides is 2. The average Bonchev–Trinajstić information content (AvgIpc) is 2.63. The lowest BCUT2D eigenvalue weighted by Gasteiger charge is -2.09. The number of carbonyl (C=O) groups is 1. The fourth-order valence-electron chi connectivity index (χ4n) is 2.66. The number of nitrogens with one attached hydrogen (secondary N) is 1. The highest BCUT2D eigenvalue weighted by Gasteiger charge is 2.09. The van der Waals surface area contributed by atoms with Crippen molar-refractivity contribution < 1.29 is 13.6 Å². The van der Waals surface area contributed by atoms with Crippen LogP contribution in [0.5, 0.6) is 0 Å². The van der Waals surface area contributed by atoms with E-state index in [-0.39, 0.29) is 24.4 Å². The summed E-state index contributed by atoms with van der Waals surface area (Å²) in [6.07, 6.45) is 1.54. The number of halogens is 2. The maximum Gasteiger partial charge on any atom is 0.288 e. The highest BCUT2D eigenvalue weighted by Crippen LogP contribution is 2.26. The third kappa shape index (κ3) is 4.71. The van der Waals surface area contributed by atoms with Crippen molar-refractivity contribution in [1.29, 1.82) is 0 Å². The number of hydrogen-bond acceptors (Lipinski definition) is 4. The molecule has 0 saturated carbocycles. The van der Waals surface area contributed by atoms with Gasteiger partial charge in [-0.3, -0.25) is 14.2 Å². The van der Waals surface area contributed by atoms with Crippen LogP contribution in [0.4, 0.5) is 14.5 Å². The summed E-state index contributed by atoms with van der Waals surface area (Å²) in [7, 11) is 0. The zero-order valence-corrected chi connectivity index (χ0v) is 15.3. The van der Waals surface area contributed by atoms with Crippen LogP contribution < -0.4 is 10.9 Å². The van der Waals surface area contributed by atoms with Crippen molar-refractivity contribution in [2.24, 2.45) is 0 Å². The minimum Gasteiger partial charge on any atom is -0.326 e. The van der Waals surface area contributed by atoms with E-state index in [1.807, 2.05) is 13.0 Å². The Hall–Kier alpha value is -2.74. The monoisotopic (exact) mass is 389 g/mol. The lowest BCUT2D eigenvalue weighted by Crippen LogP contribution is -2.23. The molecule has 3 aromatic rings. The van der Waals surface area contributed by atoms with Gasteiger partial charge in [0.25, 0.3) is 11.3 Å². The van der Waals surface area contributed by atoms with E-state index in [1.54, 1.807) is 24.3 Å². The van der Waals surface area contributed by atoms with Gasteiger partial charge in [0, 0.05) is 23.5 Å². The van der Waals surface area contributed by atoms with Gasteiger partial charge in [-0.15, -0.1) is 0 Å². The Labute approximate surface area is 158 Å². The molecule has 140 valence electrons. The number of carbonyl (C=O) groups excluding carboxylic acids is 1. The van der Waals surface area contributed by atoms with E-state index in [9.17, 15) is 18.4 Å². The van der Waals surface area contributed by atoms with E-state index < -0.39 is 5.76 Å². The van der Waals surface area contributed by atoms with Gasteiger partial charge in [0.2, 0.25) is 5.91 Å². The Morgan fingerprint density at radius 1 is 1.22 bits per heavy atom. The predicted octanol–water partition coefficient (Wildman–Crippen LogP) is 4.05. The van der Waals surface area contributed by atoms with Gasteiger partial charge < -0.3 is 5.32 Å². The average molecular weight is 389 g/mol. The summed E-state index contributed by atoms with van der Waals surface area (Å²) in [4.78, 5) is 29.3. The zero-order chi connectivity index (χ0) is 19.4.